The van der Waals surface area contributed by atoms with Crippen LogP contribution in [0.2, 0.25) is 0 Å². The van der Waals surface area contributed by atoms with E-state index >= 15 is 0 Å². The highest BCUT2D eigenvalue weighted by molar-refractivity contribution is 14.1. The number of hydrogen-bond donors (Lipinski definition) is 1. The SMILES string of the molecule is OC[C@@H]1C[C@H]1I. The first-order valence-corrected chi connectivity index (χ1v) is 3.34. The molecule has 0 bridgehead atoms. The van der Waals surface area contributed by atoms with Gasteiger partial charge in [-0.15, -0.1) is 0 Å². The standard InChI is InChI=1S/C4H7IO/c5-4-1-3(4)2-6/h3-4,6H,1-2H2/t3-,4+/m0/s1. The largest absolute Gasteiger partial charge is 0.396 e. The molecule has 2 heteroatoms. The predicted molar refractivity (Wildman–Crippen MR) is 33.0 cm³/mol. The molecule has 0 aliphatic heterocycles. The van der Waals surface area contributed by atoms with Crippen LogP contribution < -0.4 is 0 Å². The first kappa shape index (κ1) is 4.84. The molecule has 1 rings (SSSR count). The van der Waals surface area contributed by atoms with E-state index in [0.717, 1.165) is 3.92 Å². The molecule has 0 aromatic rings. The van der Waals surface area contributed by atoms with Crippen molar-refractivity contribution in [2.75, 3.05) is 6.61 Å². The maximum atomic E-state index is 8.37. The summed E-state index contributed by atoms with van der Waals surface area (Å²) in [5.41, 5.74) is 0. The fraction of sp³-hybridized carbons (Fsp3) is 1.00. The second-order valence-electron chi connectivity index (χ2n) is 1.69. The molecule has 1 fully saturated rings. The quantitative estimate of drug-likeness (QED) is 0.488. The molecule has 2 atom stereocenters. The van der Waals surface area contributed by atoms with Crippen molar-refractivity contribution in [3.8, 4) is 0 Å². The molecule has 1 N–H and O–H groups in total. The normalized spacial score (nSPS) is 43.0. The Morgan fingerprint density at radius 3 is 2.33 bits per heavy atom. The van der Waals surface area contributed by atoms with Crippen LogP contribution in [0.3, 0.4) is 0 Å². The molecule has 1 aliphatic carbocycles. The summed E-state index contributed by atoms with van der Waals surface area (Å²) in [5.74, 6) is 0.644. The molecule has 1 aliphatic rings. The summed E-state index contributed by atoms with van der Waals surface area (Å²) >= 11 is 2.36. The van der Waals surface area contributed by atoms with Gasteiger partial charge >= 0.3 is 0 Å². The van der Waals surface area contributed by atoms with Gasteiger partial charge in [-0.25, -0.2) is 0 Å². The average molecular weight is 198 g/mol. The highest BCUT2D eigenvalue weighted by atomic mass is 127. The van der Waals surface area contributed by atoms with Gasteiger partial charge in [-0.2, -0.15) is 0 Å². The topological polar surface area (TPSA) is 20.2 Å². The first-order valence-electron chi connectivity index (χ1n) is 2.09. The third-order valence-corrected chi connectivity index (χ3v) is 2.60. The van der Waals surface area contributed by atoms with Gasteiger partial charge < -0.3 is 5.11 Å². The zero-order valence-electron chi connectivity index (χ0n) is 3.39. The molecule has 0 spiro atoms. The third-order valence-electron chi connectivity index (χ3n) is 1.07. The minimum Gasteiger partial charge on any atom is -0.396 e. The average Bonchev–Trinajstić information content (AvgIpc) is 2.19. The van der Waals surface area contributed by atoms with Crippen LogP contribution in [0.4, 0.5) is 0 Å². The lowest BCUT2D eigenvalue weighted by molar-refractivity contribution is 0.278. The van der Waals surface area contributed by atoms with E-state index in [2.05, 4.69) is 22.6 Å². The van der Waals surface area contributed by atoms with Crippen LogP contribution in [0.25, 0.3) is 0 Å². The Morgan fingerprint density at radius 1 is 1.83 bits per heavy atom. The van der Waals surface area contributed by atoms with Crippen molar-refractivity contribution in [1.82, 2.24) is 0 Å². The Labute approximate surface area is 50.9 Å². The summed E-state index contributed by atoms with van der Waals surface area (Å²) in [6, 6.07) is 0. The van der Waals surface area contributed by atoms with E-state index in [1.54, 1.807) is 0 Å². The Kier molecular flexibility index (Phi) is 1.34. The van der Waals surface area contributed by atoms with Gasteiger partial charge in [-0.3, -0.25) is 0 Å². The zero-order valence-corrected chi connectivity index (χ0v) is 5.55. The van der Waals surface area contributed by atoms with Crippen LogP contribution in [0, 0.1) is 5.92 Å². The first-order chi connectivity index (χ1) is 2.84. The predicted octanol–water partition coefficient (Wildman–Crippen LogP) is 0.802. The Morgan fingerprint density at radius 2 is 2.33 bits per heavy atom. The highest BCUT2D eigenvalue weighted by Crippen LogP contribution is 2.37. The zero-order chi connectivity index (χ0) is 4.57. The summed E-state index contributed by atoms with van der Waals surface area (Å²) in [6.45, 7) is 0.396. The van der Waals surface area contributed by atoms with Gasteiger partial charge in [0.25, 0.3) is 0 Å². The van der Waals surface area contributed by atoms with Crippen molar-refractivity contribution in [2.45, 2.75) is 10.3 Å². The number of halogens is 1. The summed E-state index contributed by atoms with van der Waals surface area (Å²) in [6.07, 6.45) is 1.23. The van der Waals surface area contributed by atoms with Gasteiger partial charge in [0, 0.05) is 10.5 Å². The minimum atomic E-state index is 0.396. The molecule has 0 radical (unpaired) electrons. The van der Waals surface area contributed by atoms with Crippen molar-refractivity contribution in [3.63, 3.8) is 0 Å². The van der Waals surface area contributed by atoms with Gasteiger partial charge in [0.2, 0.25) is 0 Å². The smallest absolute Gasteiger partial charge is 0.0469 e. The van der Waals surface area contributed by atoms with Crippen LogP contribution in [0.5, 0.6) is 0 Å². The number of hydrogen-bond acceptors (Lipinski definition) is 1. The molecule has 36 valence electrons. The highest BCUT2D eigenvalue weighted by Gasteiger charge is 2.33. The van der Waals surface area contributed by atoms with Crippen LogP contribution in [-0.2, 0) is 0 Å². The Bertz CT molecular complexity index is 53.5. The summed E-state index contributed by atoms with van der Waals surface area (Å²) in [4.78, 5) is 0. The molecule has 0 aromatic carbocycles. The maximum Gasteiger partial charge on any atom is 0.0469 e. The third kappa shape index (κ3) is 0.846. The number of alkyl halides is 1. The lowest BCUT2D eigenvalue weighted by Gasteiger charge is -1.78. The van der Waals surface area contributed by atoms with E-state index in [0.29, 0.717) is 12.5 Å². The summed E-state index contributed by atoms with van der Waals surface area (Å²) in [5, 5.41) is 8.37. The minimum absolute atomic E-state index is 0.396. The Balaban J connectivity index is 2.09. The van der Waals surface area contributed by atoms with Crippen molar-refractivity contribution < 1.29 is 5.11 Å². The molecule has 0 unspecified atom stereocenters. The van der Waals surface area contributed by atoms with Crippen molar-refractivity contribution in [3.05, 3.63) is 0 Å². The van der Waals surface area contributed by atoms with E-state index in [1.807, 2.05) is 0 Å². The molecule has 0 amide bonds. The lowest BCUT2D eigenvalue weighted by Crippen LogP contribution is -1.84. The van der Waals surface area contributed by atoms with E-state index in [9.17, 15) is 0 Å². The molecule has 0 aromatic heterocycles. The lowest BCUT2D eigenvalue weighted by atomic mass is 10.5. The number of rotatable bonds is 1. The molecule has 1 saturated carbocycles. The number of aliphatic hydroxyl groups is 1. The van der Waals surface area contributed by atoms with E-state index in [4.69, 9.17) is 5.11 Å². The van der Waals surface area contributed by atoms with E-state index in [1.165, 1.54) is 6.42 Å². The monoisotopic (exact) mass is 198 g/mol. The van der Waals surface area contributed by atoms with Gasteiger partial charge in [-0.05, 0) is 12.3 Å². The van der Waals surface area contributed by atoms with Gasteiger partial charge in [-0.1, -0.05) is 22.6 Å². The molecule has 0 saturated heterocycles. The van der Waals surface area contributed by atoms with Gasteiger partial charge in [0.1, 0.15) is 0 Å². The second kappa shape index (κ2) is 1.66. The fourth-order valence-electron chi connectivity index (χ4n) is 0.400. The summed E-state index contributed by atoms with van der Waals surface area (Å²) in [7, 11) is 0. The maximum absolute atomic E-state index is 8.37. The molecule has 6 heavy (non-hydrogen) atoms. The van der Waals surface area contributed by atoms with Crippen LogP contribution in [0.1, 0.15) is 6.42 Å². The van der Waals surface area contributed by atoms with E-state index in [-0.39, 0.29) is 0 Å². The van der Waals surface area contributed by atoms with Crippen molar-refractivity contribution >= 4 is 22.6 Å². The van der Waals surface area contributed by atoms with Crippen molar-refractivity contribution in [1.29, 1.82) is 0 Å². The molecule has 1 nitrogen and oxygen atoms in total. The fourth-order valence-corrected chi connectivity index (χ4v) is 1.28. The van der Waals surface area contributed by atoms with Gasteiger partial charge in [0.15, 0.2) is 0 Å². The van der Waals surface area contributed by atoms with Crippen LogP contribution in [-0.4, -0.2) is 15.6 Å². The number of aliphatic hydroxyl groups excluding tert-OH is 1. The molecular formula is C4H7IO. The van der Waals surface area contributed by atoms with Crippen LogP contribution in [0.15, 0.2) is 0 Å². The second-order valence-corrected chi connectivity index (χ2v) is 3.29. The Hall–Kier alpha value is 0.690. The van der Waals surface area contributed by atoms with Gasteiger partial charge in [0.05, 0.1) is 0 Å². The van der Waals surface area contributed by atoms with E-state index < -0.39 is 0 Å². The molecular weight excluding hydrogens is 191 g/mol. The summed E-state index contributed by atoms with van der Waals surface area (Å²) < 4.78 is 0.785. The van der Waals surface area contributed by atoms with Crippen molar-refractivity contribution in [2.24, 2.45) is 5.92 Å². The van der Waals surface area contributed by atoms with Crippen LogP contribution >= 0.6 is 22.6 Å². The molecule has 0 heterocycles.